The molecule has 6 nitrogen and oxygen atoms in total. The van der Waals surface area contributed by atoms with Crippen LogP contribution in [0.4, 0.5) is 5.69 Å². The van der Waals surface area contributed by atoms with Crippen molar-refractivity contribution < 1.29 is 19.4 Å². The molecule has 2 rings (SSSR count). The van der Waals surface area contributed by atoms with Crippen molar-refractivity contribution in [1.82, 2.24) is 4.90 Å². The first-order valence-electron chi connectivity index (χ1n) is 6.67. The Hall–Kier alpha value is -1.79. The number of nitrogens with zero attached hydrogens (tertiary/aromatic N) is 1. The predicted octanol–water partition coefficient (Wildman–Crippen LogP) is 0.257. The summed E-state index contributed by atoms with van der Waals surface area (Å²) in [6.45, 7) is 1.74. The Balaban J connectivity index is 1.73. The number of hydrogen-bond acceptors (Lipinski definition) is 5. The molecule has 1 amide bonds. The Labute approximate surface area is 118 Å². The van der Waals surface area contributed by atoms with Crippen molar-refractivity contribution in [3.63, 3.8) is 0 Å². The van der Waals surface area contributed by atoms with E-state index in [1.165, 1.54) is 0 Å². The average molecular weight is 280 g/mol. The van der Waals surface area contributed by atoms with Gasteiger partial charge in [-0.25, -0.2) is 0 Å². The maximum Gasteiger partial charge on any atom is 0.226 e. The maximum absolute atomic E-state index is 12.0. The van der Waals surface area contributed by atoms with E-state index in [9.17, 15) is 4.79 Å². The van der Waals surface area contributed by atoms with Crippen LogP contribution in [0, 0.1) is 0 Å². The van der Waals surface area contributed by atoms with E-state index in [-0.39, 0.29) is 18.6 Å². The normalized spacial score (nSPS) is 18.9. The molecule has 110 valence electrons. The van der Waals surface area contributed by atoms with E-state index in [1.807, 2.05) is 0 Å². The van der Waals surface area contributed by atoms with Crippen molar-refractivity contribution >= 4 is 11.6 Å². The Morgan fingerprint density at radius 2 is 2.20 bits per heavy atom. The minimum absolute atomic E-state index is 0.0159. The van der Waals surface area contributed by atoms with Gasteiger partial charge in [0.2, 0.25) is 5.91 Å². The van der Waals surface area contributed by atoms with E-state index in [2.05, 4.69) is 0 Å². The van der Waals surface area contributed by atoms with Crippen molar-refractivity contribution in [1.29, 1.82) is 0 Å². The number of nitrogens with two attached hydrogens (primary N) is 1. The van der Waals surface area contributed by atoms with Gasteiger partial charge in [0, 0.05) is 18.8 Å². The molecule has 0 spiro atoms. The second-order valence-electron chi connectivity index (χ2n) is 4.68. The van der Waals surface area contributed by atoms with Gasteiger partial charge in [0.1, 0.15) is 5.75 Å². The Morgan fingerprint density at radius 1 is 1.45 bits per heavy atom. The molecule has 1 heterocycles. The zero-order chi connectivity index (χ0) is 14.4. The molecular formula is C14H20N2O4. The Bertz CT molecular complexity index is 435. The first-order valence-corrected chi connectivity index (χ1v) is 6.67. The number of anilines is 1. The zero-order valence-electron chi connectivity index (χ0n) is 11.3. The molecule has 1 saturated heterocycles. The molecular weight excluding hydrogens is 260 g/mol. The number of ether oxygens (including phenoxy) is 2. The SMILES string of the molecule is Nc1ccc(OCCC(=O)N2CCOC(CO)C2)cc1. The third-order valence-electron chi connectivity index (χ3n) is 3.16. The number of carbonyl (C=O) groups is 1. The van der Waals surface area contributed by atoms with E-state index in [0.29, 0.717) is 44.2 Å². The second-order valence-corrected chi connectivity index (χ2v) is 4.68. The van der Waals surface area contributed by atoms with Gasteiger partial charge in [-0.3, -0.25) is 4.79 Å². The third kappa shape index (κ3) is 4.11. The van der Waals surface area contributed by atoms with Gasteiger partial charge in [-0.1, -0.05) is 0 Å². The molecule has 20 heavy (non-hydrogen) atoms. The first-order chi connectivity index (χ1) is 9.69. The molecule has 6 heteroatoms. The van der Waals surface area contributed by atoms with Gasteiger partial charge in [0.25, 0.3) is 0 Å². The van der Waals surface area contributed by atoms with Crippen molar-refractivity contribution in [2.75, 3.05) is 38.6 Å². The minimum atomic E-state index is -0.272. The largest absolute Gasteiger partial charge is 0.493 e. The standard InChI is InChI=1S/C14H20N2O4/c15-11-1-3-12(4-2-11)19-7-5-14(18)16-6-8-20-13(9-16)10-17/h1-4,13,17H,5-10,15H2. The van der Waals surface area contributed by atoms with E-state index < -0.39 is 0 Å². The monoisotopic (exact) mass is 280 g/mol. The van der Waals surface area contributed by atoms with E-state index in [0.717, 1.165) is 0 Å². The molecule has 1 unspecified atom stereocenters. The van der Waals surface area contributed by atoms with Crippen LogP contribution >= 0.6 is 0 Å². The summed E-state index contributed by atoms with van der Waals surface area (Å²) in [6.07, 6.45) is 0.0356. The summed E-state index contributed by atoms with van der Waals surface area (Å²) in [4.78, 5) is 13.7. The third-order valence-corrected chi connectivity index (χ3v) is 3.16. The van der Waals surface area contributed by atoms with Crippen LogP contribution in [0.1, 0.15) is 6.42 Å². The van der Waals surface area contributed by atoms with E-state index in [1.54, 1.807) is 29.2 Å². The lowest BCUT2D eigenvalue weighted by atomic mass is 10.2. The zero-order valence-corrected chi connectivity index (χ0v) is 11.3. The van der Waals surface area contributed by atoms with Crippen LogP contribution in [0.25, 0.3) is 0 Å². The van der Waals surface area contributed by atoms with Crippen LogP contribution in [0.15, 0.2) is 24.3 Å². The highest BCUT2D eigenvalue weighted by Gasteiger charge is 2.23. The number of amides is 1. The fraction of sp³-hybridized carbons (Fsp3) is 0.500. The van der Waals surface area contributed by atoms with Crippen LogP contribution in [0.5, 0.6) is 5.75 Å². The Morgan fingerprint density at radius 3 is 2.90 bits per heavy atom. The topological polar surface area (TPSA) is 85.0 Å². The van der Waals surface area contributed by atoms with E-state index >= 15 is 0 Å². The molecule has 0 saturated carbocycles. The number of benzene rings is 1. The van der Waals surface area contributed by atoms with Gasteiger partial charge in [-0.2, -0.15) is 0 Å². The summed E-state index contributed by atoms with van der Waals surface area (Å²) in [5.74, 6) is 0.712. The van der Waals surface area contributed by atoms with Crippen LogP contribution in [-0.4, -0.2) is 54.9 Å². The summed E-state index contributed by atoms with van der Waals surface area (Å²) in [5.41, 5.74) is 6.26. The number of carbonyl (C=O) groups excluding carboxylic acids is 1. The lowest BCUT2D eigenvalue weighted by Gasteiger charge is -2.32. The van der Waals surface area contributed by atoms with Crippen molar-refractivity contribution in [2.24, 2.45) is 0 Å². The second kappa shape index (κ2) is 7.12. The molecule has 1 aliphatic heterocycles. The quantitative estimate of drug-likeness (QED) is 0.756. The summed E-state index contributed by atoms with van der Waals surface area (Å²) < 4.78 is 10.8. The van der Waals surface area contributed by atoms with Gasteiger partial charge in [-0.15, -0.1) is 0 Å². The maximum atomic E-state index is 12.0. The highest BCUT2D eigenvalue weighted by Crippen LogP contribution is 2.13. The number of nitrogen functional groups attached to an aromatic ring is 1. The summed E-state index contributed by atoms with van der Waals surface area (Å²) in [5, 5.41) is 9.04. The number of aliphatic hydroxyl groups is 1. The molecule has 1 aromatic carbocycles. The molecule has 1 aliphatic rings. The van der Waals surface area contributed by atoms with Crippen molar-refractivity contribution in [2.45, 2.75) is 12.5 Å². The average Bonchev–Trinajstić information content (AvgIpc) is 2.49. The molecule has 1 atom stereocenters. The van der Waals surface area contributed by atoms with Crippen LogP contribution < -0.4 is 10.5 Å². The number of morpholine rings is 1. The number of rotatable bonds is 5. The lowest BCUT2D eigenvalue weighted by molar-refractivity contribution is -0.140. The smallest absolute Gasteiger partial charge is 0.226 e. The van der Waals surface area contributed by atoms with E-state index in [4.69, 9.17) is 20.3 Å². The molecule has 0 aliphatic carbocycles. The van der Waals surface area contributed by atoms with Crippen molar-refractivity contribution in [3.8, 4) is 5.75 Å². The van der Waals surface area contributed by atoms with Gasteiger partial charge in [0.15, 0.2) is 0 Å². The highest BCUT2D eigenvalue weighted by molar-refractivity contribution is 5.76. The van der Waals surface area contributed by atoms with Crippen LogP contribution in [0.3, 0.4) is 0 Å². The summed E-state index contributed by atoms with van der Waals surface area (Å²) in [7, 11) is 0. The fourth-order valence-corrected chi connectivity index (χ4v) is 2.03. The molecule has 0 aromatic heterocycles. The Kier molecular flexibility index (Phi) is 5.20. The minimum Gasteiger partial charge on any atom is -0.493 e. The lowest BCUT2D eigenvalue weighted by Crippen LogP contribution is -2.47. The van der Waals surface area contributed by atoms with Gasteiger partial charge >= 0.3 is 0 Å². The molecule has 1 aromatic rings. The molecule has 3 N–H and O–H groups in total. The molecule has 0 radical (unpaired) electrons. The highest BCUT2D eigenvalue weighted by atomic mass is 16.5. The number of hydrogen-bond donors (Lipinski definition) is 2. The fourth-order valence-electron chi connectivity index (χ4n) is 2.03. The van der Waals surface area contributed by atoms with Gasteiger partial charge in [-0.05, 0) is 24.3 Å². The summed E-state index contributed by atoms with van der Waals surface area (Å²) >= 11 is 0. The van der Waals surface area contributed by atoms with Crippen LogP contribution in [-0.2, 0) is 9.53 Å². The summed E-state index contributed by atoms with van der Waals surface area (Å²) in [6, 6.07) is 7.06. The first kappa shape index (κ1) is 14.6. The predicted molar refractivity (Wildman–Crippen MR) is 74.4 cm³/mol. The molecule has 0 bridgehead atoms. The van der Waals surface area contributed by atoms with Gasteiger partial charge in [0.05, 0.1) is 32.3 Å². The van der Waals surface area contributed by atoms with Crippen LogP contribution in [0.2, 0.25) is 0 Å². The van der Waals surface area contributed by atoms with Crippen molar-refractivity contribution in [3.05, 3.63) is 24.3 Å². The van der Waals surface area contributed by atoms with Gasteiger partial charge < -0.3 is 25.2 Å². The molecule has 1 fully saturated rings. The number of aliphatic hydroxyl groups excluding tert-OH is 1.